The Morgan fingerprint density at radius 1 is 1.29 bits per heavy atom. The molecular weight excluding hydrogens is 212 g/mol. The second kappa shape index (κ2) is 6.93. The summed E-state index contributed by atoms with van der Waals surface area (Å²) in [4.78, 5) is 0. The monoisotopic (exact) mass is 232 g/mol. The highest BCUT2D eigenvalue weighted by Gasteiger charge is 2.10. The molecule has 0 heterocycles. The predicted octanol–water partition coefficient (Wildman–Crippen LogP) is 3.04. The average molecular weight is 232 g/mol. The first-order valence-electron chi connectivity index (χ1n) is 6.05. The third-order valence-corrected chi connectivity index (χ3v) is 2.32. The van der Waals surface area contributed by atoms with Gasteiger partial charge in [0, 0.05) is 6.04 Å². The van der Waals surface area contributed by atoms with Crippen molar-refractivity contribution in [2.45, 2.75) is 39.3 Å². The van der Waals surface area contributed by atoms with Gasteiger partial charge in [-0.2, -0.15) is 5.26 Å². The molecule has 3 heteroatoms. The molecule has 1 unspecified atom stereocenters. The number of nitrogens with zero attached hydrogens (tertiary/aromatic N) is 1. The van der Waals surface area contributed by atoms with Crippen molar-refractivity contribution in [3.8, 4) is 11.8 Å². The van der Waals surface area contributed by atoms with Gasteiger partial charge in [-0.15, -0.1) is 0 Å². The van der Waals surface area contributed by atoms with E-state index >= 15 is 0 Å². The Bertz CT molecular complexity index is 365. The van der Waals surface area contributed by atoms with Crippen LogP contribution in [0.15, 0.2) is 24.3 Å². The van der Waals surface area contributed by atoms with Gasteiger partial charge >= 0.3 is 0 Å². The van der Waals surface area contributed by atoms with E-state index in [4.69, 9.17) is 10.00 Å². The predicted molar refractivity (Wildman–Crippen MR) is 68.9 cm³/mol. The second-order valence-electron chi connectivity index (χ2n) is 4.30. The van der Waals surface area contributed by atoms with Crippen molar-refractivity contribution in [2.75, 3.05) is 6.61 Å². The van der Waals surface area contributed by atoms with Crippen molar-refractivity contribution in [3.05, 3.63) is 29.8 Å². The van der Waals surface area contributed by atoms with E-state index in [2.05, 4.69) is 18.3 Å². The van der Waals surface area contributed by atoms with E-state index in [1.54, 1.807) is 0 Å². The molecule has 17 heavy (non-hydrogen) atoms. The summed E-state index contributed by atoms with van der Waals surface area (Å²) in [5, 5.41) is 12.3. The van der Waals surface area contributed by atoms with Gasteiger partial charge in [-0.3, -0.25) is 5.32 Å². The number of hydrogen-bond acceptors (Lipinski definition) is 3. The van der Waals surface area contributed by atoms with Crippen LogP contribution in [0.3, 0.4) is 0 Å². The topological polar surface area (TPSA) is 45.0 Å². The maximum Gasteiger partial charge on any atom is 0.121 e. The van der Waals surface area contributed by atoms with E-state index in [0.717, 1.165) is 24.3 Å². The molecule has 0 aliphatic heterocycles. The highest BCUT2D eigenvalue weighted by Crippen LogP contribution is 2.18. The lowest BCUT2D eigenvalue weighted by molar-refractivity contribution is 0.317. The van der Waals surface area contributed by atoms with E-state index < -0.39 is 0 Å². The summed E-state index contributed by atoms with van der Waals surface area (Å²) in [6.07, 6.45) is 0.997. The fraction of sp³-hybridized carbons (Fsp3) is 0.500. The fourth-order valence-electron chi connectivity index (χ4n) is 1.52. The molecular formula is C14H20N2O. The Kier molecular flexibility index (Phi) is 5.51. The minimum absolute atomic E-state index is 0.254. The third kappa shape index (κ3) is 4.46. The van der Waals surface area contributed by atoms with E-state index in [1.807, 2.05) is 38.1 Å². The van der Waals surface area contributed by atoms with Crippen LogP contribution in [0, 0.1) is 11.3 Å². The number of benzene rings is 1. The fourth-order valence-corrected chi connectivity index (χ4v) is 1.52. The van der Waals surface area contributed by atoms with Crippen LogP contribution in [-0.2, 0) is 0 Å². The van der Waals surface area contributed by atoms with E-state index in [0.29, 0.717) is 0 Å². The molecule has 1 atom stereocenters. The van der Waals surface area contributed by atoms with Gasteiger partial charge in [-0.05, 0) is 38.0 Å². The highest BCUT2D eigenvalue weighted by molar-refractivity contribution is 5.31. The molecule has 0 aliphatic carbocycles. The lowest BCUT2D eigenvalue weighted by Gasteiger charge is -2.15. The highest BCUT2D eigenvalue weighted by atomic mass is 16.5. The van der Waals surface area contributed by atoms with Crippen LogP contribution < -0.4 is 10.1 Å². The van der Waals surface area contributed by atoms with E-state index in [9.17, 15) is 0 Å². The molecule has 1 aromatic rings. The molecule has 0 aliphatic rings. The summed E-state index contributed by atoms with van der Waals surface area (Å²) in [7, 11) is 0. The summed E-state index contributed by atoms with van der Waals surface area (Å²) in [6, 6.07) is 10.00. The summed E-state index contributed by atoms with van der Waals surface area (Å²) in [5.41, 5.74) is 0.977. The minimum Gasteiger partial charge on any atom is -0.494 e. The average Bonchev–Trinajstić information content (AvgIpc) is 2.34. The largest absolute Gasteiger partial charge is 0.494 e. The lowest BCUT2D eigenvalue weighted by atomic mass is 10.1. The number of nitriles is 1. The van der Waals surface area contributed by atoms with Crippen LogP contribution in [0.4, 0.5) is 0 Å². The lowest BCUT2D eigenvalue weighted by Crippen LogP contribution is -2.27. The first-order valence-corrected chi connectivity index (χ1v) is 6.05. The Hall–Kier alpha value is -1.53. The zero-order chi connectivity index (χ0) is 12.7. The van der Waals surface area contributed by atoms with Gasteiger partial charge < -0.3 is 4.74 Å². The zero-order valence-electron chi connectivity index (χ0n) is 10.7. The van der Waals surface area contributed by atoms with Gasteiger partial charge in [0.25, 0.3) is 0 Å². The van der Waals surface area contributed by atoms with Crippen LogP contribution in [0.2, 0.25) is 0 Å². The van der Waals surface area contributed by atoms with Crippen molar-refractivity contribution in [3.63, 3.8) is 0 Å². The first-order chi connectivity index (χ1) is 8.17. The van der Waals surface area contributed by atoms with Gasteiger partial charge in [0.2, 0.25) is 0 Å². The quantitative estimate of drug-likeness (QED) is 0.820. The molecule has 1 rings (SSSR count). The molecule has 0 saturated heterocycles. The number of ether oxygens (including phenoxy) is 1. The van der Waals surface area contributed by atoms with Gasteiger partial charge in [0.05, 0.1) is 12.7 Å². The molecule has 0 saturated carbocycles. The van der Waals surface area contributed by atoms with Gasteiger partial charge in [0.15, 0.2) is 0 Å². The van der Waals surface area contributed by atoms with Crippen LogP contribution in [0.5, 0.6) is 5.75 Å². The van der Waals surface area contributed by atoms with Crippen LogP contribution >= 0.6 is 0 Å². The van der Waals surface area contributed by atoms with E-state index in [1.165, 1.54) is 0 Å². The molecule has 1 N–H and O–H groups in total. The summed E-state index contributed by atoms with van der Waals surface area (Å²) < 4.78 is 5.50. The van der Waals surface area contributed by atoms with Crippen molar-refractivity contribution in [1.82, 2.24) is 5.32 Å². The number of rotatable bonds is 6. The molecule has 0 fully saturated rings. The minimum atomic E-state index is -0.254. The second-order valence-corrected chi connectivity index (χ2v) is 4.30. The normalized spacial score (nSPS) is 12.2. The Balaban J connectivity index is 2.68. The van der Waals surface area contributed by atoms with Crippen molar-refractivity contribution >= 4 is 0 Å². The van der Waals surface area contributed by atoms with Gasteiger partial charge in [-0.1, -0.05) is 19.1 Å². The molecule has 0 spiro atoms. The molecule has 0 radical (unpaired) electrons. The molecule has 0 bridgehead atoms. The van der Waals surface area contributed by atoms with Crippen molar-refractivity contribution in [1.29, 1.82) is 5.26 Å². The Labute approximate surface area is 103 Å². The van der Waals surface area contributed by atoms with Crippen LogP contribution in [0.1, 0.15) is 38.8 Å². The maximum absolute atomic E-state index is 9.10. The maximum atomic E-state index is 9.10. The molecule has 0 aromatic heterocycles. The van der Waals surface area contributed by atoms with Crippen LogP contribution in [-0.4, -0.2) is 12.6 Å². The number of hydrogen-bond donors (Lipinski definition) is 1. The van der Waals surface area contributed by atoms with Crippen molar-refractivity contribution in [2.24, 2.45) is 0 Å². The SMILES string of the molecule is CCCOc1ccc(C(C#N)NC(C)C)cc1. The smallest absolute Gasteiger partial charge is 0.121 e. The number of nitrogens with one attached hydrogen (secondary N) is 1. The molecule has 92 valence electrons. The molecule has 0 amide bonds. The molecule has 1 aromatic carbocycles. The van der Waals surface area contributed by atoms with Gasteiger partial charge in [-0.25, -0.2) is 0 Å². The Morgan fingerprint density at radius 3 is 2.41 bits per heavy atom. The standard InChI is InChI=1S/C14H20N2O/c1-4-9-17-13-7-5-12(6-8-13)14(10-15)16-11(2)3/h5-8,11,14,16H,4,9H2,1-3H3. The van der Waals surface area contributed by atoms with Crippen LogP contribution in [0.25, 0.3) is 0 Å². The summed E-state index contributed by atoms with van der Waals surface area (Å²) >= 11 is 0. The van der Waals surface area contributed by atoms with Crippen molar-refractivity contribution < 1.29 is 4.74 Å². The zero-order valence-corrected chi connectivity index (χ0v) is 10.7. The third-order valence-electron chi connectivity index (χ3n) is 2.32. The summed E-state index contributed by atoms with van der Waals surface area (Å²) in [6.45, 7) is 6.87. The molecule has 3 nitrogen and oxygen atoms in total. The summed E-state index contributed by atoms with van der Waals surface area (Å²) in [5.74, 6) is 0.858. The first kappa shape index (κ1) is 13.5. The Morgan fingerprint density at radius 2 is 1.94 bits per heavy atom. The van der Waals surface area contributed by atoms with E-state index in [-0.39, 0.29) is 12.1 Å². The van der Waals surface area contributed by atoms with Gasteiger partial charge in [0.1, 0.15) is 11.8 Å².